The molecule has 72 valence electrons. The molecule has 1 heterocycles. The van der Waals surface area contributed by atoms with Crippen LogP contribution in [0.25, 0.3) is 10.9 Å². The number of fused-ring (bicyclic) bond motifs is 1. The molecule has 0 aliphatic carbocycles. The van der Waals surface area contributed by atoms with Gasteiger partial charge in [0.1, 0.15) is 0 Å². The number of aromatic amines is 1. The van der Waals surface area contributed by atoms with Gasteiger partial charge in [0.05, 0.1) is 0 Å². The van der Waals surface area contributed by atoms with Crippen molar-refractivity contribution in [1.29, 1.82) is 0 Å². The molecule has 0 amide bonds. The standard InChI is InChI=1S/C10H7Cl2NO/c11-7-1-2-9-8(4-7)6(5-13-9)3-10(12)14/h1-2,4-5,13H,3H2. The Morgan fingerprint density at radius 2 is 2.21 bits per heavy atom. The van der Waals surface area contributed by atoms with Crippen molar-refractivity contribution in [1.82, 2.24) is 4.98 Å². The zero-order chi connectivity index (χ0) is 10.1. The molecular weight excluding hydrogens is 221 g/mol. The summed E-state index contributed by atoms with van der Waals surface area (Å²) in [7, 11) is 0. The molecule has 1 N–H and O–H groups in total. The zero-order valence-corrected chi connectivity index (χ0v) is 8.69. The molecule has 2 aromatic rings. The molecule has 1 aromatic heterocycles. The minimum absolute atomic E-state index is 0.224. The molecule has 0 aliphatic rings. The highest BCUT2D eigenvalue weighted by atomic mass is 35.5. The first-order valence-corrected chi connectivity index (χ1v) is 4.86. The van der Waals surface area contributed by atoms with Crippen molar-refractivity contribution in [2.75, 3.05) is 0 Å². The highest BCUT2D eigenvalue weighted by Gasteiger charge is 2.06. The molecule has 0 bridgehead atoms. The molecule has 1 aromatic carbocycles. The van der Waals surface area contributed by atoms with E-state index in [0.29, 0.717) is 5.02 Å². The monoisotopic (exact) mass is 227 g/mol. The third-order valence-corrected chi connectivity index (χ3v) is 2.43. The lowest BCUT2D eigenvalue weighted by atomic mass is 10.1. The summed E-state index contributed by atoms with van der Waals surface area (Å²) in [5.74, 6) is 0. The van der Waals surface area contributed by atoms with Crippen LogP contribution in [-0.4, -0.2) is 10.2 Å². The first kappa shape index (κ1) is 9.56. The molecule has 0 spiro atoms. The van der Waals surface area contributed by atoms with E-state index >= 15 is 0 Å². The minimum atomic E-state index is -0.370. The average Bonchev–Trinajstić information content (AvgIpc) is 2.47. The van der Waals surface area contributed by atoms with E-state index in [1.807, 2.05) is 12.1 Å². The second kappa shape index (κ2) is 3.64. The molecule has 14 heavy (non-hydrogen) atoms. The van der Waals surface area contributed by atoms with Crippen LogP contribution in [0.5, 0.6) is 0 Å². The van der Waals surface area contributed by atoms with E-state index in [9.17, 15) is 4.79 Å². The van der Waals surface area contributed by atoms with Gasteiger partial charge in [0.15, 0.2) is 0 Å². The second-order valence-electron chi connectivity index (χ2n) is 3.04. The van der Waals surface area contributed by atoms with Crippen LogP contribution in [-0.2, 0) is 11.2 Å². The van der Waals surface area contributed by atoms with Gasteiger partial charge < -0.3 is 4.98 Å². The van der Waals surface area contributed by atoms with Gasteiger partial charge in [-0.3, -0.25) is 4.79 Å². The van der Waals surface area contributed by atoms with Crippen molar-refractivity contribution in [3.05, 3.63) is 35.0 Å². The molecule has 0 atom stereocenters. The molecule has 0 aliphatic heterocycles. The number of halogens is 2. The Morgan fingerprint density at radius 1 is 1.43 bits per heavy atom. The molecule has 2 rings (SSSR count). The Morgan fingerprint density at radius 3 is 2.93 bits per heavy atom. The van der Waals surface area contributed by atoms with E-state index in [1.54, 1.807) is 12.3 Å². The van der Waals surface area contributed by atoms with Crippen molar-refractivity contribution < 1.29 is 4.79 Å². The van der Waals surface area contributed by atoms with E-state index < -0.39 is 0 Å². The summed E-state index contributed by atoms with van der Waals surface area (Å²) in [6, 6.07) is 5.50. The Hall–Kier alpha value is -0.990. The largest absolute Gasteiger partial charge is 0.361 e. The quantitative estimate of drug-likeness (QED) is 0.787. The number of carbonyl (C=O) groups is 1. The number of aromatic nitrogens is 1. The first-order chi connectivity index (χ1) is 6.66. The molecule has 0 saturated heterocycles. The van der Waals surface area contributed by atoms with Crippen LogP contribution < -0.4 is 0 Å². The van der Waals surface area contributed by atoms with Gasteiger partial charge in [0.25, 0.3) is 0 Å². The second-order valence-corrected chi connectivity index (χ2v) is 3.89. The highest BCUT2D eigenvalue weighted by molar-refractivity contribution is 6.63. The lowest BCUT2D eigenvalue weighted by Crippen LogP contribution is -1.91. The third kappa shape index (κ3) is 1.76. The van der Waals surface area contributed by atoms with Crippen LogP contribution in [0.3, 0.4) is 0 Å². The van der Waals surface area contributed by atoms with E-state index in [0.717, 1.165) is 16.5 Å². The topological polar surface area (TPSA) is 32.9 Å². The van der Waals surface area contributed by atoms with E-state index in [1.165, 1.54) is 0 Å². The lowest BCUT2D eigenvalue weighted by Gasteiger charge is -1.94. The Labute approximate surface area is 90.8 Å². The Kier molecular flexibility index (Phi) is 2.48. The average molecular weight is 228 g/mol. The van der Waals surface area contributed by atoms with Gasteiger partial charge in [-0.25, -0.2) is 0 Å². The normalized spacial score (nSPS) is 10.7. The van der Waals surface area contributed by atoms with Gasteiger partial charge in [-0.15, -0.1) is 0 Å². The Bertz CT molecular complexity index is 490. The fraction of sp³-hybridized carbons (Fsp3) is 0.100. The van der Waals surface area contributed by atoms with Crippen molar-refractivity contribution in [2.24, 2.45) is 0 Å². The maximum Gasteiger partial charge on any atom is 0.226 e. The van der Waals surface area contributed by atoms with Crippen LogP contribution in [0.2, 0.25) is 5.02 Å². The number of H-pyrrole nitrogens is 1. The van der Waals surface area contributed by atoms with Crippen molar-refractivity contribution >= 4 is 39.3 Å². The van der Waals surface area contributed by atoms with Gasteiger partial charge >= 0.3 is 0 Å². The molecule has 4 heteroatoms. The fourth-order valence-corrected chi connectivity index (χ4v) is 1.76. The molecule has 0 radical (unpaired) electrons. The summed E-state index contributed by atoms with van der Waals surface area (Å²) >= 11 is 11.2. The summed E-state index contributed by atoms with van der Waals surface area (Å²) in [6.07, 6.45) is 2.00. The molecule has 0 unspecified atom stereocenters. The highest BCUT2D eigenvalue weighted by Crippen LogP contribution is 2.22. The van der Waals surface area contributed by atoms with Gasteiger partial charge in [-0.05, 0) is 35.4 Å². The van der Waals surface area contributed by atoms with Crippen LogP contribution in [0.15, 0.2) is 24.4 Å². The van der Waals surface area contributed by atoms with E-state index in [4.69, 9.17) is 23.2 Å². The fourth-order valence-electron chi connectivity index (χ4n) is 1.45. The van der Waals surface area contributed by atoms with Crippen LogP contribution in [0.4, 0.5) is 0 Å². The van der Waals surface area contributed by atoms with Crippen molar-refractivity contribution in [3.63, 3.8) is 0 Å². The van der Waals surface area contributed by atoms with Crippen molar-refractivity contribution in [3.8, 4) is 0 Å². The third-order valence-electron chi connectivity index (χ3n) is 2.06. The molecule has 2 nitrogen and oxygen atoms in total. The summed E-state index contributed by atoms with van der Waals surface area (Å²) in [6.45, 7) is 0. The number of carbonyl (C=O) groups excluding carboxylic acids is 1. The number of hydrogen-bond acceptors (Lipinski definition) is 1. The molecule has 0 fully saturated rings. The van der Waals surface area contributed by atoms with Crippen LogP contribution in [0.1, 0.15) is 5.56 Å². The summed E-state index contributed by atoms with van der Waals surface area (Å²) in [5.41, 5.74) is 1.84. The maximum atomic E-state index is 10.8. The van der Waals surface area contributed by atoms with Crippen molar-refractivity contribution in [2.45, 2.75) is 6.42 Å². The maximum absolute atomic E-state index is 10.8. The van der Waals surface area contributed by atoms with Gasteiger partial charge in [-0.2, -0.15) is 0 Å². The molecule has 0 saturated carbocycles. The molecular formula is C10H7Cl2NO. The number of nitrogens with one attached hydrogen (secondary N) is 1. The van der Waals surface area contributed by atoms with Crippen LogP contribution in [0, 0.1) is 0 Å². The Balaban J connectivity index is 2.55. The van der Waals surface area contributed by atoms with Gasteiger partial charge in [-0.1, -0.05) is 11.6 Å². The number of benzene rings is 1. The predicted octanol–water partition coefficient (Wildman–Crippen LogP) is 3.13. The summed E-state index contributed by atoms with van der Waals surface area (Å²) in [5, 5.41) is 1.23. The van der Waals surface area contributed by atoms with E-state index in [2.05, 4.69) is 4.98 Å². The van der Waals surface area contributed by atoms with Crippen LogP contribution >= 0.6 is 23.2 Å². The lowest BCUT2D eigenvalue weighted by molar-refractivity contribution is -0.111. The summed E-state index contributed by atoms with van der Waals surface area (Å²) in [4.78, 5) is 13.8. The van der Waals surface area contributed by atoms with Gasteiger partial charge in [0.2, 0.25) is 5.24 Å². The van der Waals surface area contributed by atoms with Gasteiger partial charge in [0, 0.05) is 28.5 Å². The SMILES string of the molecule is O=C(Cl)Cc1c[nH]c2ccc(Cl)cc12. The number of hydrogen-bond donors (Lipinski definition) is 1. The van der Waals surface area contributed by atoms with E-state index in [-0.39, 0.29) is 11.7 Å². The zero-order valence-electron chi connectivity index (χ0n) is 7.18. The minimum Gasteiger partial charge on any atom is -0.361 e. The number of rotatable bonds is 2. The predicted molar refractivity (Wildman–Crippen MR) is 57.9 cm³/mol. The summed E-state index contributed by atoms with van der Waals surface area (Å²) < 4.78 is 0. The first-order valence-electron chi connectivity index (χ1n) is 4.10. The smallest absolute Gasteiger partial charge is 0.226 e.